The maximum atomic E-state index is 12.4. The van der Waals surface area contributed by atoms with Gasteiger partial charge >= 0.3 is 0 Å². The molecule has 2 aromatic carbocycles. The molecule has 1 amide bonds. The van der Waals surface area contributed by atoms with Gasteiger partial charge in [-0.25, -0.2) is 0 Å². The van der Waals surface area contributed by atoms with Crippen LogP contribution in [0.5, 0.6) is 0 Å². The van der Waals surface area contributed by atoms with Crippen LogP contribution in [0.25, 0.3) is 0 Å². The van der Waals surface area contributed by atoms with Gasteiger partial charge in [-0.2, -0.15) is 0 Å². The predicted octanol–water partition coefficient (Wildman–Crippen LogP) is 3.63. The quantitative estimate of drug-likeness (QED) is 0.902. The topological polar surface area (TPSA) is 49.3 Å². The molecule has 0 saturated carbocycles. The van der Waals surface area contributed by atoms with E-state index in [-0.39, 0.29) is 22.2 Å². The second-order valence-electron chi connectivity index (χ2n) is 4.91. The Balaban J connectivity index is 2.33. The highest BCUT2D eigenvalue weighted by Crippen LogP contribution is 2.26. The summed E-state index contributed by atoms with van der Waals surface area (Å²) < 4.78 is 0. The van der Waals surface area contributed by atoms with Crippen molar-refractivity contribution >= 4 is 29.1 Å². The first-order valence-corrected chi connectivity index (χ1v) is 7.16. The molecular weight excluding hydrogens is 309 g/mol. The Morgan fingerprint density at radius 1 is 1.10 bits per heavy atom. The van der Waals surface area contributed by atoms with Crippen molar-refractivity contribution in [3.63, 3.8) is 0 Å². The zero-order valence-electron chi connectivity index (χ0n) is 11.4. The van der Waals surface area contributed by atoms with E-state index in [1.807, 2.05) is 30.3 Å². The average molecular weight is 324 g/mol. The number of hydrogen-bond donors (Lipinski definition) is 2. The smallest absolute Gasteiger partial charge is 0.255 e. The molecule has 0 radical (unpaired) electrons. The zero-order valence-corrected chi connectivity index (χ0v) is 12.9. The van der Waals surface area contributed by atoms with E-state index in [0.29, 0.717) is 0 Å². The van der Waals surface area contributed by atoms with E-state index in [0.717, 1.165) is 5.56 Å². The van der Waals surface area contributed by atoms with Crippen LogP contribution >= 0.6 is 23.2 Å². The molecule has 0 bridgehead atoms. The maximum absolute atomic E-state index is 12.4. The molecule has 2 aromatic rings. The van der Waals surface area contributed by atoms with Crippen LogP contribution in [0, 0.1) is 0 Å². The summed E-state index contributed by atoms with van der Waals surface area (Å²) in [4.78, 5) is 12.4. The molecule has 0 aliphatic heterocycles. The Morgan fingerprint density at radius 2 is 1.67 bits per heavy atom. The Kier molecular flexibility index (Phi) is 4.88. The number of benzene rings is 2. The lowest BCUT2D eigenvalue weighted by Crippen LogP contribution is -2.46. The average Bonchev–Trinajstić information content (AvgIpc) is 2.48. The monoisotopic (exact) mass is 323 g/mol. The third-order valence-corrected chi connectivity index (χ3v) is 3.94. The maximum Gasteiger partial charge on any atom is 0.255 e. The van der Waals surface area contributed by atoms with Crippen molar-refractivity contribution < 1.29 is 9.90 Å². The van der Waals surface area contributed by atoms with Gasteiger partial charge in [0.25, 0.3) is 5.91 Å². The van der Waals surface area contributed by atoms with Crippen LogP contribution in [-0.2, 0) is 5.54 Å². The van der Waals surface area contributed by atoms with E-state index < -0.39 is 11.4 Å². The van der Waals surface area contributed by atoms with E-state index >= 15 is 0 Å². The van der Waals surface area contributed by atoms with Gasteiger partial charge in [0.05, 0.1) is 27.8 Å². The largest absolute Gasteiger partial charge is 0.394 e. The number of aliphatic hydroxyl groups is 1. The summed E-state index contributed by atoms with van der Waals surface area (Å²) in [5.41, 5.74) is 0.0846. The number of carbonyl (C=O) groups excluding carboxylic acids is 1. The molecule has 0 spiro atoms. The number of rotatable bonds is 4. The zero-order chi connectivity index (χ0) is 15.5. The summed E-state index contributed by atoms with van der Waals surface area (Å²) in [6.45, 7) is 1.50. The third-order valence-electron chi connectivity index (χ3n) is 3.31. The molecule has 1 unspecified atom stereocenters. The van der Waals surface area contributed by atoms with Crippen LogP contribution in [0.15, 0.2) is 48.5 Å². The lowest BCUT2D eigenvalue weighted by atomic mass is 9.92. The Morgan fingerprint density at radius 3 is 2.19 bits per heavy atom. The van der Waals surface area contributed by atoms with E-state index in [2.05, 4.69) is 5.32 Å². The van der Waals surface area contributed by atoms with Gasteiger partial charge in [-0.3, -0.25) is 4.79 Å². The summed E-state index contributed by atoms with van der Waals surface area (Å²) >= 11 is 12.1. The van der Waals surface area contributed by atoms with E-state index in [1.165, 1.54) is 0 Å². The molecule has 0 saturated heterocycles. The fraction of sp³-hybridized carbons (Fsp3) is 0.188. The second-order valence-corrected chi connectivity index (χ2v) is 5.72. The van der Waals surface area contributed by atoms with Gasteiger partial charge in [-0.15, -0.1) is 0 Å². The molecule has 0 fully saturated rings. The van der Waals surface area contributed by atoms with Crippen LogP contribution in [0.3, 0.4) is 0 Å². The molecule has 1 atom stereocenters. The first-order chi connectivity index (χ1) is 9.98. The van der Waals surface area contributed by atoms with Crippen LogP contribution < -0.4 is 5.32 Å². The molecule has 110 valence electrons. The lowest BCUT2D eigenvalue weighted by Gasteiger charge is -2.29. The van der Waals surface area contributed by atoms with Gasteiger partial charge in [-0.05, 0) is 24.6 Å². The molecule has 3 nitrogen and oxygen atoms in total. The Bertz CT molecular complexity index is 626. The standard InChI is InChI=1S/C16H15Cl2NO2/c1-16(10-20,11-6-3-2-4-7-11)19-15(21)14-12(17)8-5-9-13(14)18/h2-9,20H,10H2,1H3,(H,19,21). The number of carbonyl (C=O) groups is 1. The van der Waals surface area contributed by atoms with E-state index in [9.17, 15) is 9.90 Å². The predicted molar refractivity (Wildman–Crippen MR) is 84.8 cm³/mol. The molecular formula is C16H15Cl2NO2. The summed E-state index contributed by atoms with van der Waals surface area (Å²) in [6.07, 6.45) is 0. The van der Waals surface area contributed by atoms with Gasteiger partial charge < -0.3 is 10.4 Å². The summed E-state index contributed by atoms with van der Waals surface area (Å²) in [7, 11) is 0. The van der Waals surface area contributed by atoms with Crippen LogP contribution in [0.4, 0.5) is 0 Å². The highest BCUT2D eigenvalue weighted by atomic mass is 35.5. The van der Waals surface area contributed by atoms with Gasteiger partial charge in [0.15, 0.2) is 0 Å². The molecule has 0 aliphatic carbocycles. The van der Waals surface area contributed by atoms with Gasteiger partial charge in [0, 0.05) is 0 Å². The fourth-order valence-electron chi connectivity index (χ4n) is 2.04. The molecule has 21 heavy (non-hydrogen) atoms. The molecule has 5 heteroatoms. The summed E-state index contributed by atoms with van der Waals surface area (Å²) in [6, 6.07) is 14.1. The van der Waals surface area contributed by atoms with Crippen molar-refractivity contribution in [3.05, 3.63) is 69.7 Å². The van der Waals surface area contributed by atoms with Crippen LogP contribution in [0.2, 0.25) is 10.0 Å². The number of halogens is 2. The van der Waals surface area contributed by atoms with Crippen molar-refractivity contribution in [1.29, 1.82) is 0 Å². The SMILES string of the molecule is CC(CO)(NC(=O)c1c(Cl)cccc1Cl)c1ccccc1. The van der Waals surface area contributed by atoms with E-state index in [1.54, 1.807) is 25.1 Å². The highest BCUT2D eigenvalue weighted by molar-refractivity contribution is 6.39. The first-order valence-electron chi connectivity index (χ1n) is 6.41. The summed E-state index contributed by atoms with van der Waals surface area (Å²) in [5.74, 6) is -0.425. The molecule has 0 heterocycles. The van der Waals surface area contributed by atoms with E-state index in [4.69, 9.17) is 23.2 Å². The van der Waals surface area contributed by atoms with Crippen molar-refractivity contribution in [3.8, 4) is 0 Å². The number of hydrogen-bond acceptors (Lipinski definition) is 2. The van der Waals surface area contributed by atoms with Gasteiger partial charge in [0.2, 0.25) is 0 Å². The summed E-state index contributed by atoms with van der Waals surface area (Å²) in [5, 5.41) is 13.0. The first kappa shape index (κ1) is 15.8. The minimum Gasteiger partial charge on any atom is -0.394 e. The second kappa shape index (κ2) is 6.48. The number of amides is 1. The van der Waals surface area contributed by atoms with Crippen LogP contribution in [-0.4, -0.2) is 17.6 Å². The molecule has 2 rings (SSSR count). The molecule has 0 aromatic heterocycles. The van der Waals surface area contributed by atoms with Crippen molar-refractivity contribution in [2.75, 3.05) is 6.61 Å². The minimum absolute atomic E-state index is 0.205. The number of nitrogens with one attached hydrogen (secondary N) is 1. The Labute approximate surface area is 133 Å². The Hall–Kier alpha value is -1.55. The van der Waals surface area contributed by atoms with Gasteiger partial charge in [0.1, 0.15) is 0 Å². The minimum atomic E-state index is -0.916. The van der Waals surface area contributed by atoms with Gasteiger partial charge in [-0.1, -0.05) is 59.6 Å². The third kappa shape index (κ3) is 3.38. The normalized spacial score (nSPS) is 13.5. The number of aliphatic hydroxyl groups excluding tert-OH is 1. The van der Waals surface area contributed by atoms with Crippen LogP contribution in [0.1, 0.15) is 22.8 Å². The lowest BCUT2D eigenvalue weighted by molar-refractivity contribution is 0.0850. The van der Waals surface area contributed by atoms with Crippen molar-refractivity contribution in [1.82, 2.24) is 5.32 Å². The molecule has 2 N–H and O–H groups in total. The highest BCUT2D eigenvalue weighted by Gasteiger charge is 2.29. The fourth-order valence-corrected chi connectivity index (χ4v) is 2.61. The molecule has 0 aliphatic rings. The van der Waals surface area contributed by atoms with Crippen molar-refractivity contribution in [2.24, 2.45) is 0 Å². The van der Waals surface area contributed by atoms with Crippen molar-refractivity contribution in [2.45, 2.75) is 12.5 Å².